The number of carbonyl (C=O) groups excluding carboxylic acids is 2. The van der Waals surface area contributed by atoms with E-state index in [0.717, 1.165) is 16.7 Å². The number of aryl methyl sites for hydroxylation is 3. The minimum atomic E-state index is -1.33. The quantitative estimate of drug-likeness (QED) is 0.774. The van der Waals surface area contributed by atoms with Crippen molar-refractivity contribution in [1.82, 2.24) is 0 Å². The first-order valence-electron chi connectivity index (χ1n) is 8.38. The Hall–Kier alpha value is -3.13. The molecule has 2 rings (SSSR count). The zero-order valence-corrected chi connectivity index (χ0v) is 15.2. The molecule has 0 aliphatic carbocycles. The number of hydrogen-bond acceptors (Lipinski definition) is 4. The zero-order chi connectivity index (χ0) is 19.1. The number of nitrogens with one attached hydrogen (secondary N) is 1. The van der Waals surface area contributed by atoms with E-state index in [2.05, 4.69) is 11.4 Å². The topological polar surface area (TPSA) is 79.2 Å². The third kappa shape index (κ3) is 4.93. The van der Waals surface area contributed by atoms with E-state index < -0.39 is 11.8 Å². The fourth-order valence-corrected chi connectivity index (χ4v) is 2.72. The van der Waals surface area contributed by atoms with Gasteiger partial charge in [0.1, 0.15) is 5.75 Å². The Morgan fingerprint density at radius 2 is 1.96 bits per heavy atom. The monoisotopic (exact) mass is 350 g/mol. The van der Waals surface area contributed by atoms with Gasteiger partial charge in [-0.1, -0.05) is 29.8 Å². The van der Waals surface area contributed by atoms with Gasteiger partial charge in [-0.05, 0) is 43.5 Å². The lowest BCUT2D eigenvalue weighted by molar-refractivity contribution is -0.128. The summed E-state index contributed by atoms with van der Waals surface area (Å²) in [6.07, 6.45) is 0.656. The summed E-state index contributed by atoms with van der Waals surface area (Å²) in [5.41, 5.74) is 3.79. The number of hydrogen-bond donors (Lipinski definition) is 1. The lowest BCUT2D eigenvalue weighted by Crippen LogP contribution is -2.28. The molecule has 5 heteroatoms. The van der Waals surface area contributed by atoms with Crippen molar-refractivity contribution in [1.29, 1.82) is 5.26 Å². The normalized spacial score (nSPS) is 11.3. The van der Waals surface area contributed by atoms with E-state index in [1.165, 1.54) is 7.11 Å². The van der Waals surface area contributed by atoms with Crippen LogP contribution in [0.15, 0.2) is 42.5 Å². The third-order valence-corrected chi connectivity index (χ3v) is 4.19. The number of anilines is 1. The van der Waals surface area contributed by atoms with Crippen molar-refractivity contribution in [3.8, 4) is 11.8 Å². The predicted molar refractivity (Wildman–Crippen MR) is 100.0 cm³/mol. The first-order chi connectivity index (χ1) is 12.4. The molecule has 0 aliphatic heterocycles. The van der Waals surface area contributed by atoms with Crippen LogP contribution in [0.1, 0.15) is 23.1 Å². The highest BCUT2D eigenvalue weighted by atomic mass is 16.5. The summed E-state index contributed by atoms with van der Waals surface area (Å²) in [5, 5.41) is 11.9. The van der Waals surface area contributed by atoms with Crippen LogP contribution in [0.5, 0.6) is 5.75 Å². The summed E-state index contributed by atoms with van der Waals surface area (Å²) >= 11 is 0. The standard InChI is InChI=1S/C21H22N2O3/c1-14-7-8-16(15(2)11-14)9-10-20(24)19(13-22)21(25)23-17-5-4-6-18(12-17)26-3/h4-8,11-12,19H,9-10H2,1-3H3,(H,23,25). The third-order valence-electron chi connectivity index (χ3n) is 4.19. The number of benzene rings is 2. The lowest BCUT2D eigenvalue weighted by Gasteiger charge is -2.11. The molecule has 1 amide bonds. The Labute approximate surface area is 153 Å². The molecule has 0 fully saturated rings. The van der Waals surface area contributed by atoms with Crippen molar-refractivity contribution in [3.63, 3.8) is 0 Å². The van der Waals surface area contributed by atoms with E-state index in [-0.39, 0.29) is 12.2 Å². The molecular formula is C21H22N2O3. The highest BCUT2D eigenvalue weighted by Crippen LogP contribution is 2.18. The number of nitrogens with zero attached hydrogens (tertiary/aromatic N) is 1. The average molecular weight is 350 g/mol. The van der Waals surface area contributed by atoms with Crippen LogP contribution < -0.4 is 10.1 Å². The lowest BCUT2D eigenvalue weighted by atomic mass is 9.95. The van der Waals surface area contributed by atoms with Gasteiger partial charge < -0.3 is 10.1 Å². The number of methoxy groups -OCH3 is 1. The Morgan fingerprint density at radius 3 is 2.62 bits per heavy atom. The molecule has 1 N–H and O–H groups in total. The molecular weight excluding hydrogens is 328 g/mol. The van der Waals surface area contributed by atoms with Crippen molar-refractivity contribution in [2.75, 3.05) is 12.4 Å². The summed E-state index contributed by atoms with van der Waals surface area (Å²) in [5.74, 6) is -1.75. The highest BCUT2D eigenvalue weighted by molar-refractivity contribution is 6.09. The van der Waals surface area contributed by atoms with Gasteiger partial charge in [-0.3, -0.25) is 9.59 Å². The predicted octanol–water partition coefficient (Wildman–Crippen LogP) is 3.59. The Morgan fingerprint density at radius 1 is 1.19 bits per heavy atom. The number of ketones is 1. The molecule has 0 bridgehead atoms. The number of ether oxygens (including phenoxy) is 1. The Bertz CT molecular complexity index is 853. The van der Waals surface area contributed by atoms with Crippen molar-refractivity contribution in [2.45, 2.75) is 26.7 Å². The maximum absolute atomic E-state index is 12.4. The minimum Gasteiger partial charge on any atom is -0.497 e. The number of nitriles is 1. The molecule has 0 aliphatic rings. The summed E-state index contributed by atoms with van der Waals surface area (Å²) in [6.45, 7) is 4.00. The molecule has 2 aromatic carbocycles. The van der Waals surface area contributed by atoms with E-state index in [4.69, 9.17) is 4.74 Å². The van der Waals surface area contributed by atoms with E-state index >= 15 is 0 Å². The van der Waals surface area contributed by atoms with Crippen LogP contribution in [-0.2, 0) is 16.0 Å². The van der Waals surface area contributed by atoms with Crippen LogP contribution in [0, 0.1) is 31.1 Å². The van der Waals surface area contributed by atoms with Crippen LogP contribution in [0.25, 0.3) is 0 Å². The zero-order valence-electron chi connectivity index (χ0n) is 15.2. The molecule has 2 aromatic rings. The van der Waals surface area contributed by atoms with Crippen LogP contribution in [-0.4, -0.2) is 18.8 Å². The van der Waals surface area contributed by atoms with Gasteiger partial charge >= 0.3 is 0 Å². The van der Waals surface area contributed by atoms with Gasteiger partial charge in [0.25, 0.3) is 0 Å². The first-order valence-corrected chi connectivity index (χ1v) is 8.38. The minimum absolute atomic E-state index is 0.146. The Balaban J connectivity index is 2.00. The summed E-state index contributed by atoms with van der Waals surface area (Å²) in [6, 6.07) is 14.6. The smallest absolute Gasteiger partial charge is 0.249 e. The molecule has 0 aromatic heterocycles. The number of rotatable bonds is 7. The summed E-state index contributed by atoms with van der Waals surface area (Å²) in [7, 11) is 1.52. The fourth-order valence-electron chi connectivity index (χ4n) is 2.72. The SMILES string of the molecule is COc1cccc(NC(=O)C(C#N)C(=O)CCc2ccc(C)cc2C)c1. The average Bonchev–Trinajstić information content (AvgIpc) is 2.61. The van der Waals surface area contributed by atoms with Crippen molar-refractivity contribution >= 4 is 17.4 Å². The van der Waals surface area contributed by atoms with Gasteiger partial charge in [-0.25, -0.2) is 0 Å². The van der Waals surface area contributed by atoms with Crippen LogP contribution in [0.4, 0.5) is 5.69 Å². The van der Waals surface area contributed by atoms with Crippen LogP contribution >= 0.6 is 0 Å². The maximum atomic E-state index is 12.4. The number of amides is 1. The second-order valence-electron chi connectivity index (χ2n) is 6.18. The molecule has 5 nitrogen and oxygen atoms in total. The van der Waals surface area contributed by atoms with E-state index in [1.807, 2.05) is 32.0 Å². The second kappa shape index (κ2) is 8.82. The van der Waals surface area contributed by atoms with Crippen molar-refractivity contribution in [2.24, 2.45) is 5.92 Å². The Kier molecular flexibility index (Phi) is 6.51. The molecule has 0 saturated heterocycles. The fraction of sp³-hybridized carbons (Fsp3) is 0.286. The molecule has 0 radical (unpaired) electrons. The summed E-state index contributed by atoms with van der Waals surface area (Å²) < 4.78 is 5.09. The molecule has 26 heavy (non-hydrogen) atoms. The molecule has 0 saturated carbocycles. The number of carbonyl (C=O) groups is 2. The second-order valence-corrected chi connectivity index (χ2v) is 6.18. The van der Waals surface area contributed by atoms with Gasteiger partial charge in [0, 0.05) is 18.2 Å². The van der Waals surface area contributed by atoms with E-state index in [0.29, 0.717) is 17.9 Å². The van der Waals surface area contributed by atoms with Crippen LogP contribution in [0.2, 0.25) is 0 Å². The largest absolute Gasteiger partial charge is 0.497 e. The molecule has 0 heterocycles. The molecule has 134 valence electrons. The van der Waals surface area contributed by atoms with Crippen molar-refractivity contribution in [3.05, 3.63) is 59.2 Å². The van der Waals surface area contributed by atoms with Gasteiger partial charge in [-0.2, -0.15) is 5.26 Å². The van der Waals surface area contributed by atoms with E-state index in [9.17, 15) is 14.9 Å². The van der Waals surface area contributed by atoms with E-state index in [1.54, 1.807) is 24.3 Å². The molecule has 1 atom stereocenters. The van der Waals surface area contributed by atoms with Crippen molar-refractivity contribution < 1.29 is 14.3 Å². The number of Topliss-reactive ketones (excluding diaryl/α,β-unsaturated/α-hetero) is 1. The van der Waals surface area contributed by atoms with Gasteiger partial charge in [0.15, 0.2) is 11.7 Å². The van der Waals surface area contributed by atoms with Gasteiger partial charge in [0.2, 0.25) is 5.91 Å². The van der Waals surface area contributed by atoms with Crippen LogP contribution in [0.3, 0.4) is 0 Å². The first kappa shape index (κ1) is 19.2. The summed E-state index contributed by atoms with van der Waals surface area (Å²) in [4.78, 5) is 24.7. The maximum Gasteiger partial charge on any atom is 0.249 e. The molecule has 0 spiro atoms. The molecule has 1 unspecified atom stereocenters. The van der Waals surface area contributed by atoms with Gasteiger partial charge in [0.05, 0.1) is 13.2 Å². The highest BCUT2D eigenvalue weighted by Gasteiger charge is 2.26. The van der Waals surface area contributed by atoms with Gasteiger partial charge in [-0.15, -0.1) is 0 Å².